The van der Waals surface area contributed by atoms with Crippen LogP contribution >= 0.6 is 0 Å². The Morgan fingerprint density at radius 3 is 2.33 bits per heavy atom. The van der Waals surface area contributed by atoms with Gasteiger partial charge in [-0.25, -0.2) is 18.6 Å². The van der Waals surface area contributed by atoms with Crippen molar-refractivity contribution < 1.29 is 41.4 Å². The van der Waals surface area contributed by atoms with Crippen LogP contribution in [0.5, 0.6) is 0 Å². The molecule has 10 nitrogen and oxygen atoms in total. The number of aryl methyl sites for hydroxylation is 1. The lowest BCUT2D eigenvalue weighted by molar-refractivity contribution is -0.200. The van der Waals surface area contributed by atoms with Crippen molar-refractivity contribution in [3.05, 3.63) is 118 Å². The molecule has 0 aliphatic heterocycles. The number of ether oxygens (including phenoxy) is 1. The van der Waals surface area contributed by atoms with Gasteiger partial charge in [-0.2, -0.15) is 18.2 Å². The summed E-state index contributed by atoms with van der Waals surface area (Å²) in [4.78, 5) is 46.3. The molecule has 0 aliphatic rings. The van der Waals surface area contributed by atoms with E-state index in [1.165, 1.54) is 12.1 Å². The zero-order valence-corrected chi connectivity index (χ0v) is 25.0. The number of hydrogen-bond donors (Lipinski definition) is 3. The molecule has 0 saturated heterocycles. The standard InChI is InChI=1S/C33H26F5N5O5/c1-18-10-11-20(30(46)39-15-19-6-3-2-4-7-19)14-23(18)27-22-12-13-26(45)43(28-24(34)8-5-9-25(28)35)29(22)42-32(41-27)40-21(16-44)17-48-31(47)33(36,37)38/h2-14,21,44H,15-17H2,1H3,(H,39,46)(H,40,41,42). The van der Waals surface area contributed by atoms with Gasteiger partial charge in [-0.05, 0) is 48.4 Å². The number of fused-ring (bicyclic) bond motifs is 1. The molecule has 0 bridgehead atoms. The molecule has 1 unspecified atom stereocenters. The SMILES string of the molecule is Cc1ccc(C(=O)NCc2ccccc2)cc1-c1nc(NC(CO)COC(=O)C(F)(F)F)nc2c1ccc(=O)n2-c1c(F)cccc1F. The van der Waals surface area contributed by atoms with Crippen LogP contribution in [-0.4, -0.2) is 56.9 Å². The van der Waals surface area contributed by atoms with Gasteiger partial charge >= 0.3 is 12.1 Å². The minimum atomic E-state index is -5.29. The summed E-state index contributed by atoms with van der Waals surface area (Å²) in [7, 11) is 0. The molecule has 1 amide bonds. The average molecular weight is 668 g/mol. The average Bonchev–Trinajstić information content (AvgIpc) is 3.06. The summed E-state index contributed by atoms with van der Waals surface area (Å²) in [6.45, 7) is 0.101. The van der Waals surface area contributed by atoms with Crippen molar-refractivity contribution >= 4 is 28.9 Å². The molecule has 248 valence electrons. The van der Waals surface area contributed by atoms with Crippen molar-refractivity contribution in [1.82, 2.24) is 19.9 Å². The van der Waals surface area contributed by atoms with E-state index in [0.29, 0.717) is 15.7 Å². The Morgan fingerprint density at radius 2 is 1.67 bits per heavy atom. The van der Waals surface area contributed by atoms with E-state index in [0.717, 1.165) is 29.8 Å². The van der Waals surface area contributed by atoms with Gasteiger partial charge in [-0.3, -0.25) is 14.2 Å². The maximum Gasteiger partial charge on any atom is 0.490 e. The van der Waals surface area contributed by atoms with Gasteiger partial charge in [-0.1, -0.05) is 42.5 Å². The van der Waals surface area contributed by atoms with Gasteiger partial charge in [-0.15, -0.1) is 0 Å². The number of nitrogens with one attached hydrogen (secondary N) is 2. The molecular weight excluding hydrogens is 641 g/mol. The minimum absolute atomic E-state index is 0.0622. The summed E-state index contributed by atoms with van der Waals surface area (Å²) in [5.41, 5.74) is 0.0858. The highest BCUT2D eigenvalue weighted by Crippen LogP contribution is 2.32. The first-order valence-corrected chi connectivity index (χ1v) is 14.3. The topological polar surface area (TPSA) is 135 Å². The monoisotopic (exact) mass is 667 g/mol. The van der Waals surface area contributed by atoms with Gasteiger partial charge in [0.25, 0.3) is 11.5 Å². The van der Waals surface area contributed by atoms with E-state index in [1.54, 1.807) is 19.1 Å². The van der Waals surface area contributed by atoms with Crippen LogP contribution in [0.15, 0.2) is 83.7 Å². The van der Waals surface area contributed by atoms with Crippen LogP contribution < -0.4 is 16.2 Å². The van der Waals surface area contributed by atoms with E-state index in [-0.39, 0.29) is 28.8 Å². The molecule has 15 heteroatoms. The highest BCUT2D eigenvalue weighted by molar-refractivity contribution is 5.98. The molecule has 0 saturated carbocycles. The number of carbonyl (C=O) groups excluding carboxylic acids is 2. The van der Waals surface area contributed by atoms with Crippen molar-refractivity contribution in [2.24, 2.45) is 0 Å². The number of halogens is 5. The third kappa shape index (κ3) is 7.31. The molecule has 5 aromatic rings. The molecule has 3 aromatic carbocycles. The Hall–Kier alpha value is -5.70. The first-order valence-electron chi connectivity index (χ1n) is 14.3. The van der Waals surface area contributed by atoms with E-state index >= 15 is 8.78 Å². The Balaban J connectivity index is 1.64. The smallest absolute Gasteiger partial charge is 0.457 e. The second-order valence-electron chi connectivity index (χ2n) is 10.5. The lowest BCUT2D eigenvalue weighted by Crippen LogP contribution is -2.35. The number of aromatic nitrogens is 3. The van der Waals surface area contributed by atoms with Gasteiger partial charge in [0, 0.05) is 29.1 Å². The fourth-order valence-corrected chi connectivity index (χ4v) is 4.78. The number of aliphatic hydroxyl groups is 1. The summed E-state index contributed by atoms with van der Waals surface area (Å²) < 4.78 is 73.1. The highest BCUT2D eigenvalue weighted by atomic mass is 19.4. The van der Waals surface area contributed by atoms with E-state index in [2.05, 4.69) is 25.3 Å². The second kappa shape index (κ2) is 14.0. The normalized spacial score (nSPS) is 12.1. The number of amides is 1. The highest BCUT2D eigenvalue weighted by Gasteiger charge is 2.41. The molecule has 2 heterocycles. The Kier molecular flexibility index (Phi) is 9.79. The number of aliphatic hydroxyl groups excluding tert-OH is 1. The number of nitrogens with zero attached hydrogens (tertiary/aromatic N) is 3. The molecule has 1 atom stereocenters. The number of para-hydroxylation sites is 1. The number of carbonyl (C=O) groups is 2. The zero-order chi connectivity index (χ0) is 34.6. The van der Waals surface area contributed by atoms with Crippen LogP contribution in [0.4, 0.5) is 27.9 Å². The molecule has 48 heavy (non-hydrogen) atoms. The fourth-order valence-electron chi connectivity index (χ4n) is 4.78. The van der Waals surface area contributed by atoms with E-state index < -0.39 is 66.1 Å². The number of alkyl halides is 3. The van der Waals surface area contributed by atoms with Crippen LogP contribution in [0.2, 0.25) is 0 Å². The summed E-state index contributed by atoms with van der Waals surface area (Å²) in [5.74, 6) is -5.53. The molecule has 2 aromatic heterocycles. The first-order chi connectivity index (χ1) is 22.9. The largest absolute Gasteiger partial charge is 0.490 e. The van der Waals surface area contributed by atoms with Gasteiger partial charge in [0.15, 0.2) is 5.65 Å². The quantitative estimate of drug-likeness (QED) is 0.142. The van der Waals surface area contributed by atoms with Crippen molar-refractivity contribution in [1.29, 1.82) is 0 Å². The van der Waals surface area contributed by atoms with E-state index in [9.17, 15) is 32.7 Å². The molecule has 0 fully saturated rings. The van der Waals surface area contributed by atoms with E-state index in [4.69, 9.17) is 0 Å². The summed E-state index contributed by atoms with van der Waals surface area (Å²) in [6, 6.07) is 17.8. The molecule has 3 N–H and O–H groups in total. The number of hydrogen-bond acceptors (Lipinski definition) is 8. The predicted molar refractivity (Wildman–Crippen MR) is 164 cm³/mol. The third-order valence-electron chi connectivity index (χ3n) is 7.16. The number of anilines is 1. The number of pyridine rings is 1. The van der Waals surface area contributed by atoms with Gasteiger partial charge in [0.05, 0.1) is 18.3 Å². The number of rotatable bonds is 10. The summed E-state index contributed by atoms with van der Waals surface area (Å²) >= 11 is 0. The molecule has 0 radical (unpaired) electrons. The molecular formula is C33H26F5N5O5. The zero-order valence-electron chi connectivity index (χ0n) is 25.0. The van der Waals surface area contributed by atoms with Gasteiger partial charge < -0.3 is 20.5 Å². The predicted octanol–water partition coefficient (Wildman–Crippen LogP) is 4.84. The molecule has 5 rings (SSSR count). The lowest BCUT2D eigenvalue weighted by Gasteiger charge is -2.20. The summed E-state index contributed by atoms with van der Waals surface area (Å²) in [6.07, 6.45) is -5.29. The Bertz CT molecular complexity index is 2030. The van der Waals surface area contributed by atoms with Gasteiger partial charge in [0.1, 0.15) is 23.9 Å². The maximum atomic E-state index is 15.0. The second-order valence-corrected chi connectivity index (χ2v) is 10.5. The number of benzene rings is 3. The number of esters is 1. The third-order valence-corrected chi connectivity index (χ3v) is 7.16. The van der Waals surface area contributed by atoms with Crippen molar-refractivity contribution in [3.8, 4) is 16.9 Å². The maximum absolute atomic E-state index is 15.0. The van der Waals surface area contributed by atoms with Crippen LogP contribution in [0.25, 0.3) is 28.0 Å². The summed E-state index contributed by atoms with van der Waals surface area (Å²) in [5, 5.41) is 15.3. The Morgan fingerprint density at radius 1 is 0.958 bits per heavy atom. The molecule has 0 spiro atoms. The van der Waals surface area contributed by atoms with Crippen molar-refractivity contribution in [3.63, 3.8) is 0 Å². The minimum Gasteiger partial charge on any atom is -0.457 e. The fraction of sp³-hybridized carbons (Fsp3) is 0.182. The van der Waals surface area contributed by atoms with Gasteiger partial charge in [0.2, 0.25) is 5.95 Å². The van der Waals surface area contributed by atoms with Crippen molar-refractivity contribution in [2.75, 3.05) is 18.5 Å². The van der Waals surface area contributed by atoms with Crippen molar-refractivity contribution in [2.45, 2.75) is 25.7 Å². The van der Waals surface area contributed by atoms with Crippen LogP contribution in [-0.2, 0) is 16.1 Å². The van der Waals surface area contributed by atoms with Crippen LogP contribution in [0.3, 0.4) is 0 Å². The first kappa shape index (κ1) is 33.7. The van der Waals surface area contributed by atoms with Crippen LogP contribution in [0.1, 0.15) is 21.5 Å². The van der Waals surface area contributed by atoms with Crippen LogP contribution in [0, 0.1) is 18.6 Å². The Labute approximate surface area is 268 Å². The van der Waals surface area contributed by atoms with E-state index in [1.807, 2.05) is 30.3 Å². The lowest BCUT2D eigenvalue weighted by atomic mass is 9.99. The molecule has 0 aliphatic carbocycles.